The zero-order valence-corrected chi connectivity index (χ0v) is 11.2. The van der Waals surface area contributed by atoms with Crippen LogP contribution in [0, 0.1) is 0 Å². The summed E-state index contributed by atoms with van der Waals surface area (Å²) in [6.45, 7) is 2.11. The van der Waals surface area contributed by atoms with E-state index in [1.165, 1.54) is 0 Å². The van der Waals surface area contributed by atoms with Gasteiger partial charge in [0, 0.05) is 0 Å². The third-order valence-corrected chi connectivity index (χ3v) is 2.85. The molecule has 0 heterocycles. The number of benzene rings is 2. The smallest absolute Gasteiger partial charge is 0.169 e. The molecule has 1 N–H and O–H groups in total. The molecule has 0 unspecified atom stereocenters. The van der Waals surface area contributed by atoms with Gasteiger partial charge in [-0.15, -0.1) is 0 Å². The first kappa shape index (κ1) is 13.3. The van der Waals surface area contributed by atoms with E-state index < -0.39 is 0 Å². The summed E-state index contributed by atoms with van der Waals surface area (Å²) in [4.78, 5) is 0. The molecule has 0 radical (unpaired) electrons. The van der Waals surface area contributed by atoms with Crippen LogP contribution in [0.4, 0.5) is 0 Å². The maximum Gasteiger partial charge on any atom is 0.169 e. The van der Waals surface area contributed by atoms with Gasteiger partial charge in [0.15, 0.2) is 11.5 Å². The zero-order chi connectivity index (χ0) is 13.7. The minimum absolute atomic E-state index is 0.168. The van der Waals surface area contributed by atoms with E-state index in [0.29, 0.717) is 11.5 Å². The number of ether oxygens (including phenoxy) is 2. The number of aromatic hydroxyl groups is 1. The van der Waals surface area contributed by atoms with Crippen LogP contribution in [0.15, 0.2) is 42.5 Å². The first-order valence-corrected chi connectivity index (χ1v) is 6.36. The van der Waals surface area contributed by atoms with Gasteiger partial charge >= 0.3 is 0 Å². The molecule has 0 saturated heterocycles. The van der Waals surface area contributed by atoms with Gasteiger partial charge in [-0.1, -0.05) is 19.4 Å². The van der Waals surface area contributed by atoms with Crippen LogP contribution in [-0.2, 0) is 6.42 Å². The molecule has 3 nitrogen and oxygen atoms in total. The summed E-state index contributed by atoms with van der Waals surface area (Å²) >= 11 is 0. The number of phenols is 1. The third kappa shape index (κ3) is 3.41. The summed E-state index contributed by atoms with van der Waals surface area (Å²) in [6.07, 6.45) is 2.01. The lowest BCUT2D eigenvalue weighted by Crippen LogP contribution is -1.88. The SMILES string of the molecule is CCCc1ccc(Oc2ccc(OC)cc2)c(O)c1. The molecule has 2 rings (SSSR count). The van der Waals surface area contributed by atoms with Crippen molar-refractivity contribution in [1.82, 2.24) is 0 Å². The quantitative estimate of drug-likeness (QED) is 0.875. The zero-order valence-electron chi connectivity index (χ0n) is 11.2. The normalized spacial score (nSPS) is 10.2. The van der Waals surface area contributed by atoms with E-state index >= 15 is 0 Å². The molecule has 0 aliphatic rings. The van der Waals surface area contributed by atoms with Crippen molar-refractivity contribution in [3.63, 3.8) is 0 Å². The molecule has 0 atom stereocenters. The van der Waals surface area contributed by atoms with Gasteiger partial charge in [0.05, 0.1) is 7.11 Å². The Morgan fingerprint density at radius 2 is 1.68 bits per heavy atom. The first-order chi connectivity index (χ1) is 9.22. The van der Waals surface area contributed by atoms with Crippen LogP contribution < -0.4 is 9.47 Å². The van der Waals surface area contributed by atoms with Gasteiger partial charge in [-0.05, 0) is 48.4 Å². The highest BCUT2D eigenvalue weighted by atomic mass is 16.5. The molecular formula is C16H18O3. The maximum absolute atomic E-state index is 9.93. The highest BCUT2D eigenvalue weighted by Gasteiger charge is 2.05. The fraction of sp³-hybridized carbons (Fsp3) is 0.250. The summed E-state index contributed by atoms with van der Waals surface area (Å²) < 4.78 is 10.7. The van der Waals surface area contributed by atoms with Crippen LogP contribution in [0.2, 0.25) is 0 Å². The lowest BCUT2D eigenvalue weighted by atomic mass is 10.1. The molecule has 0 aromatic heterocycles. The van der Waals surface area contributed by atoms with E-state index in [1.54, 1.807) is 31.4 Å². The van der Waals surface area contributed by atoms with E-state index in [2.05, 4.69) is 6.92 Å². The van der Waals surface area contributed by atoms with Crippen LogP contribution >= 0.6 is 0 Å². The molecule has 0 amide bonds. The Morgan fingerprint density at radius 3 is 2.26 bits per heavy atom. The van der Waals surface area contributed by atoms with Crippen LogP contribution in [0.3, 0.4) is 0 Å². The summed E-state index contributed by atoms with van der Waals surface area (Å²) in [7, 11) is 1.62. The van der Waals surface area contributed by atoms with E-state index in [4.69, 9.17) is 9.47 Å². The molecule has 19 heavy (non-hydrogen) atoms. The Labute approximate surface area is 113 Å². The highest BCUT2D eigenvalue weighted by molar-refractivity contribution is 5.45. The second-order valence-corrected chi connectivity index (χ2v) is 4.33. The summed E-state index contributed by atoms with van der Waals surface area (Å²) in [6, 6.07) is 12.8. The second-order valence-electron chi connectivity index (χ2n) is 4.33. The molecular weight excluding hydrogens is 240 g/mol. The summed E-state index contributed by atoms with van der Waals surface area (Å²) in [5, 5.41) is 9.93. The fourth-order valence-corrected chi connectivity index (χ4v) is 1.86. The van der Waals surface area contributed by atoms with Crippen molar-refractivity contribution in [2.24, 2.45) is 0 Å². The minimum atomic E-state index is 0.168. The van der Waals surface area contributed by atoms with Crippen molar-refractivity contribution in [3.8, 4) is 23.0 Å². The Bertz CT molecular complexity index is 532. The molecule has 0 bridgehead atoms. The lowest BCUT2D eigenvalue weighted by molar-refractivity contribution is 0.404. The van der Waals surface area contributed by atoms with Crippen molar-refractivity contribution < 1.29 is 14.6 Å². The fourth-order valence-electron chi connectivity index (χ4n) is 1.86. The predicted octanol–water partition coefficient (Wildman–Crippen LogP) is 4.15. The van der Waals surface area contributed by atoms with Crippen molar-refractivity contribution in [2.45, 2.75) is 19.8 Å². The van der Waals surface area contributed by atoms with Crippen molar-refractivity contribution in [2.75, 3.05) is 7.11 Å². The largest absolute Gasteiger partial charge is 0.504 e. The van der Waals surface area contributed by atoms with E-state index in [-0.39, 0.29) is 5.75 Å². The van der Waals surface area contributed by atoms with Crippen LogP contribution in [-0.4, -0.2) is 12.2 Å². The molecule has 0 aliphatic heterocycles. The van der Waals surface area contributed by atoms with Gasteiger partial charge in [0.1, 0.15) is 11.5 Å². The number of methoxy groups -OCH3 is 1. The van der Waals surface area contributed by atoms with Crippen molar-refractivity contribution in [3.05, 3.63) is 48.0 Å². The Kier molecular flexibility index (Phi) is 4.29. The van der Waals surface area contributed by atoms with Crippen LogP contribution in [0.25, 0.3) is 0 Å². The average Bonchev–Trinajstić information content (AvgIpc) is 2.43. The van der Waals surface area contributed by atoms with E-state index in [0.717, 1.165) is 24.2 Å². The third-order valence-electron chi connectivity index (χ3n) is 2.85. The molecule has 0 aliphatic carbocycles. The summed E-state index contributed by atoms with van der Waals surface area (Å²) in [5.41, 5.74) is 1.11. The molecule has 100 valence electrons. The highest BCUT2D eigenvalue weighted by Crippen LogP contribution is 2.32. The topological polar surface area (TPSA) is 38.7 Å². The van der Waals surface area contributed by atoms with Gasteiger partial charge < -0.3 is 14.6 Å². The Hall–Kier alpha value is -2.16. The first-order valence-electron chi connectivity index (χ1n) is 6.36. The van der Waals surface area contributed by atoms with Gasteiger partial charge in [-0.25, -0.2) is 0 Å². The molecule has 0 fully saturated rings. The Balaban J connectivity index is 2.13. The number of rotatable bonds is 5. The number of aryl methyl sites for hydroxylation is 1. The van der Waals surface area contributed by atoms with Gasteiger partial charge in [0.25, 0.3) is 0 Å². The van der Waals surface area contributed by atoms with Gasteiger partial charge in [0.2, 0.25) is 0 Å². The van der Waals surface area contributed by atoms with E-state index in [9.17, 15) is 5.11 Å². The van der Waals surface area contributed by atoms with Crippen LogP contribution in [0.1, 0.15) is 18.9 Å². The standard InChI is InChI=1S/C16H18O3/c1-3-4-12-5-10-16(15(17)11-12)19-14-8-6-13(18-2)7-9-14/h5-11,17H,3-4H2,1-2H3. The number of hydrogen-bond acceptors (Lipinski definition) is 3. The van der Waals surface area contributed by atoms with Gasteiger partial charge in [-0.2, -0.15) is 0 Å². The number of hydrogen-bond donors (Lipinski definition) is 1. The van der Waals surface area contributed by atoms with Crippen molar-refractivity contribution in [1.29, 1.82) is 0 Å². The molecule has 3 heteroatoms. The molecule has 0 spiro atoms. The summed E-state index contributed by atoms with van der Waals surface area (Å²) in [5.74, 6) is 2.07. The number of phenolic OH excluding ortho intramolecular Hbond substituents is 1. The lowest BCUT2D eigenvalue weighted by Gasteiger charge is -2.09. The maximum atomic E-state index is 9.93. The van der Waals surface area contributed by atoms with Gasteiger partial charge in [-0.3, -0.25) is 0 Å². The molecule has 0 saturated carbocycles. The predicted molar refractivity (Wildman–Crippen MR) is 75.2 cm³/mol. The van der Waals surface area contributed by atoms with Crippen LogP contribution in [0.5, 0.6) is 23.0 Å². The molecule has 2 aromatic carbocycles. The molecule has 2 aromatic rings. The minimum Gasteiger partial charge on any atom is -0.504 e. The second kappa shape index (κ2) is 6.14. The van der Waals surface area contributed by atoms with Crippen molar-refractivity contribution >= 4 is 0 Å². The average molecular weight is 258 g/mol. The monoisotopic (exact) mass is 258 g/mol. The van der Waals surface area contributed by atoms with E-state index in [1.807, 2.05) is 18.2 Å². The Morgan fingerprint density at radius 1 is 1.00 bits per heavy atom.